The second-order valence-corrected chi connectivity index (χ2v) is 3.62. The summed E-state index contributed by atoms with van der Waals surface area (Å²) in [6.07, 6.45) is 0. The van der Waals surface area contributed by atoms with Crippen molar-refractivity contribution in [3.8, 4) is 0 Å². The molecule has 0 unspecified atom stereocenters. The molecule has 1 aromatic rings. The number of aromatic nitrogens is 2. The Kier molecular flexibility index (Phi) is 3.10. The Morgan fingerprint density at radius 1 is 1.58 bits per heavy atom. The third-order valence-electron chi connectivity index (χ3n) is 1.31. The summed E-state index contributed by atoms with van der Waals surface area (Å²) in [4.78, 5) is 0. The lowest BCUT2D eigenvalue weighted by Crippen LogP contribution is -2.14. The molecule has 1 heterocycles. The van der Waals surface area contributed by atoms with Gasteiger partial charge in [0.15, 0.2) is 0 Å². The fourth-order valence-electron chi connectivity index (χ4n) is 0.720. The van der Waals surface area contributed by atoms with Gasteiger partial charge in [-0.1, -0.05) is 0 Å². The van der Waals surface area contributed by atoms with Crippen molar-refractivity contribution in [2.75, 3.05) is 13.3 Å². The molecule has 1 rings (SSSR count). The highest BCUT2D eigenvalue weighted by atomic mass is 79.9. The molecule has 0 aliphatic heterocycles. The van der Waals surface area contributed by atoms with Gasteiger partial charge < -0.3 is 0 Å². The van der Waals surface area contributed by atoms with Gasteiger partial charge in [-0.3, -0.25) is 0 Å². The van der Waals surface area contributed by atoms with Crippen LogP contribution in [0, 0.1) is 0 Å². The third kappa shape index (κ3) is 2.04. The molecule has 6 heteroatoms. The van der Waals surface area contributed by atoms with Gasteiger partial charge in [0.2, 0.25) is 0 Å². The van der Waals surface area contributed by atoms with Crippen LogP contribution in [0.3, 0.4) is 0 Å². The number of nitrogens with zero attached hydrogens (tertiary/aromatic N) is 2. The number of hydrogen-bond acceptors (Lipinski definition) is 1. The highest BCUT2D eigenvalue weighted by molar-refractivity contribution is 9.11. The van der Waals surface area contributed by atoms with E-state index in [0.29, 0.717) is 0 Å². The van der Waals surface area contributed by atoms with Crippen molar-refractivity contribution in [1.29, 1.82) is 0 Å². The van der Waals surface area contributed by atoms with Gasteiger partial charge in [-0.05, 0) is 31.9 Å². The summed E-state index contributed by atoms with van der Waals surface area (Å²) in [7, 11) is 0. The molecule has 0 spiro atoms. The number of alkyl halides is 2. The van der Waals surface area contributed by atoms with Gasteiger partial charge in [-0.25, -0.2) is 13.5 Å². The Morgan fingerprint density at radius 2 is 2.17 bits per heavy atom. The monoisotopic (exact) mass is 303 g/mol. The molecule has 12 heavy (non-hydrogen) atoms. The molecule has 0 atom stereocenters. The Bertz CT molecular complexity index is 301. The zero-order chi connectivity index (χ0) is 10.0. The SMILES string of the molecule is [2H]c1c(Br)nn(C(CF)CF)c1Br. The largest absolute Gasteiger partial charge is 0.249 e. The van der Waals surface area contributed by atoms with Crippen LogP contribution in [0.2, 0.25) is 0 Å². The minimum atomic E-state index is -0.954. The van der Waals surface area contributed by atoms with Gasteiger partial charge >= 0.3 is 0 Å². The molecule has 0 saturated carbocycles. The van der Waals surface area contributed by atoms with E-state index in [4.69, 9.17) is 1.37 Å². The summed E-state index contributed by atoms with van der Waals surface area (Å²) in [5.74, 6) is 0. The van der Waals surface area contributed by atoms with Crippen LogP contribution in [0.4, 0.5) is 8.78 Å². The van der Waals surface area contributed by atoms with E-state index in [-0.39, 0.29) is 15.2 Å². The van der Waals surface area contributed by atoms with Gasteiger partial charge in [-0.15, -0.1) is 0 Å². The molecule has 68 valence electrons. The van der Waals surface area contributed by atoms with E-state index >= 15 is 0 Å². The Labute approximate surface area is 86.6 Å². The molecule has 0 amide bonds. The maximum Gasteiger partial charge on any atom is 0.129 e. The Hall–Kier alpha value is 0.0300. The van der Waals surface area contributed by atoms with Crippen molar-refractivity contribution in [2.24, 2.45) is 0 Å². The van der Waals surface area contributed by atoms with Gasteiger partial charge in [0, 0.05) is 6.04 Å². The molecule has 0 aliphatic rings. The quantitative estimate of drug-likeness (QED) is 0.839. The van der Waals surface area contributed by atoms with E-state index in [1.807, 2.05) is 0 Å². The van der Waals surface area contributed by atoms with Crippen molar-refractivity contribution in [3.63, 3.8) is 0 Å². The van der Waals surface area contributed by atoms with Crippen LogP contribution in [0.5, 0.6) is 0 Å². The third-order valence-corrected chi connectivity index (χ3v) is 2.22. The van der Waals surface area contributed by atoms with E-state index in [0.717, 1.165) is 4.68 Å². The molecule has 0 saturated heterocycles. The number of halogens is 4. The lowest BCUT2D eigenvalue weighted by molar-refractivity contribution is 0.269. The fraction of sp³-hybridized carbons (Fsp3) is 0.500. The highest BCUT2D eigenvalue weighted by Crippen LogP contribution is 2.21. The first-order valence-corrected chi connectivity index (χ1v) is 4.72. The van der Waals surface area contributed by atoms with Crippen LogP contribution < -0.4 is 0 Å². The van der Waals surface area contributed by atoms with E-state index in [9.17, 15) is 8.78 Å². The van der Waals surface area contributed by atoms with Crippen LogP contribution in [0.1, 0.15) is 7.41 Å². The van der Waals surface area contributed by atoms with E-state index in [2.05, 4.69) is 37.0 Å². The average molecular weight is 305 g/mol. The predicted molar refractivity (Wildman–Crippen MR) is 48.6 cm³/mol. The lowest BCUT2D eigenvalue weighted by Gasteiger charge is -2.09. The molecular formula is C6H6Br2F2N2. The maximum absolute atomic E-state index is 12.3. The smallest absolute Gasteiger partial charge is 0.129 e. The van der Waals surface area contributed by atoms with Crippen LogP contribution >= 0.6 is 31.9 Å². The minimum Gasteiger partial charge on any atom is -0.249 e. The molecule has 1 aromatic heterocycles. The number of hydrogen-bond donors (Lipinski definition) is 0. The topological polar surface area (TPSA) is 17.8 Å². The van der Waals surface area contributed by atoms with Crippen LogP contribution in [0.25, 0.3) is 0 Å². The molecular weight excluding hydrogens is 298 g/mol. The van der Waals surface area contributed by atoms with Gasteiger partial charge in [0.1, 0.15) is 28.6 Å². The standard InChI is InChI=1S/C6H6Br2F2N2/c7-5-1-6(8)12(11-5)4(2-9)3-10/h1,4H,2-3H2/i1D. The zero-order valence-corrected chi connectivity index (χ0v) is 9.07. The normalized spacial score (nSPS) is 12.2. The molecule has 0 aliphatic carbocycles. The molecule has 0 radical (unpaired) electrons. The molecule has 2 nitrogen and oxygen atoms in total. The van der Waals surface area contributed by atoms with Crippen molar-refractivity contribution >= 4 is 31.9 Å². The Morgan fingerprint density at radius 3 is 2.50 bits per heavy atom. The molecule has 0 bridgehead atoms. The minimum absolute atomic E-state index is 0.0897. The van der Waals surface area contributed by atoms with Gasteiger partial charge in [-0.2, -0.15) is 5.10 Å². The molecule has 0 N–H and O–H groups in total. The van der Waals surface area contributed by atoms with Crippen LogP contribution in [0.15, 0.2) is 15.2 Å². The van der Waals surface area contributed by atoms with Crippen LogP contribution in [-0.4, -0.2) is 23.1 Å². The first-order valence-electron chi connectivity index (χ1n) is 3.63. The van der Waals surface area contributed by atoms with Gasteiger partial charge in [0.05, 0.1) is 1.37 Å². The first kappa shape index (κ1) is 8.62. The van der Waals surface area contributed by atoms with Crippen LogP contribution in [-0.2, 0) is 0 Å². The number of rotatable bonds is 3. The van der Waals surface area contributed by atoms with Crippen molar-refractivity contribution < 1.29 is 10.2 Å². The van der Waals surface area contributed by atoms with E-state index < -0.39 is 19.4 Å². The summed E-state index contributed by atoms with van der Waals surface area (Å²) in [6.45, 7) is -1.69. The van der Waals surface area contributed by atoms with Crippen molar-refractivity contribution in [3.05, 3.63) is 15.2 Å². The van der Waals surface area contributed by atoms with Crippen molar-refractivity contribution in [2.45, 2.75) is 6.04 Å². The van der Waals surface area contributed by atoms with Crippen molar-refractivity contribution in [1.82, 2.24) is 9.78 Å². The molecule has 0 fully saturated rings. The maximum atomic E-state index is 12.3. The Balaban J connectivity index is 3.06. The van der Waals surface area contributed by atoms with E-state index in [1.165, 1.54) is 0 Å². The molecule has 0 aromatic carbocycles. The summed E-state index contributed by atoms with van der Waals surface area (Å²) in [5.41, 5.74) is 0. The lowest BCUT2D eigenvalue weighted by atomic mass is 10.4. The average Bonchev–Trinajstić information content (AvgIpc) is 2.36. The highest BCUT2D eigenvalue weighted by Gasteiger charge is 2.14. The summed E-state index contributed by atoms with van der Waals surface area (Å²) < 4.78 is 33.6. The second-order valence-electron chi connectivity index (χ2n) is 2.11. The summed E-state index contributed by atoms with van der Waals surface area (Å²) >= 11 is 6.03. The summed E-state index contributed by atoms with van der Waals surface area (Å²) in [5, 5.41) is 3.77. The summed E-state index contributed by atoms with van der Waals surface area (Å²) in [6, 6.07) is -0.864. The zero-order valence-electron chi connectivity index (χ0n) is 6.90. The first-order chi connectivity index (χ1) is 6.11. The predicted octanol–water partition coefficient (Wildman–Crippen LogP) is 2.89. The van der Waals surface area contributed by atoms with Gasteiger partial charge in [0.25, 0.3) is 0 Å². The fourth-order valence-corrected chi connectivity index (χ4v) is 1.90. The second kappa shape index (κ2) is 4.32. The van der Waals surface area contributed by atoms with E-state index in [1.54, 1.807) is 0 Å².